The Hall–Kier alpha value is -3.26. The van der Waals surface area contributed by atoms with Crippen LogP contribution >= 0.6 is 0 Å². The third-order valence-electron chi connectivity index (χ3n) is 3.79. The average molecular weight is 371 g/mol. The van der Waals surface area contributed by atoms with Gasteiger partial charge in [0.25, 0.3) is 5.91 Å². The highest BCUT2D eigenvalue weighted by Gasteiger charge is 2.19. The van der Waals surface area contributed by atoms with Gasteiger partial charge in [-0.3, -0.25) is 14.9 Å². The minimum absolute atomic E-state index is 0.0369. The molecule has 0 aliphatic heterocycles. The molecule has 0 unspecified atom stereocenters. The Morgan fingerprint density at radius 2 is 1.89 bits per heavy atom. The van der Waals surface area contributed by atoms with Crippen LogP contribution in [0.15, 0.2) is 36.5 Å². The van der Waals surface area contributed by atoms with Gasteiger partial charge in [0.15, 0.2) is 11.4 Å². The maximum absolute atomic E-state index is 12.2. The number of nitrogens with two attached hydrogens (primary N) is 1. The smallest absolute Gasteiger partial charge is 0.337 e. The minimum atomic E-state index is -1.21. The van der Waals surface area contributed by atoms with Gasteiger partial charge < -0.3 is 15.6 Å². The summed E-state index contributed by atoms with van der Waals surface area (Å²) in [7, 11) is 0. The van der Waals surface area contributed by atoms with Gasteiger partial charge in [-0.15, -0.1) is 0 Å². The molecular formula is C19H21N3O5. The lowest BCUT2D eigenvalue weighted by Gasteiger charge is -2.12. The van der Waals surface area contributed by atoms with Crippen LogP contribution in [0.4, 0.5) is 0 Å². The van der Waals surface area contributed by atoms with E-state index in [-0.39, 0.29) is 30.2 Å². The monoisotopic (exact) mass is 371 g/mol. The van der Waals surface area contributed by atoms with Crippen LogP contribution in [0.3, 0.4) is 0 Å². The number of rotatable bonds is 7. The van der Waals surface area contributed by atoms with E-state index >= 15 is 0 Å². The first-order valence-electron chi connectivity index (χ1n) is 8.31. The number of carbonyl (C=O) groups excluding carboxylic acids is 2. The van der Waals surface area contributed by atoms with Gasteiger partial charge in [0.1, 0.15) is 6.61 Å². The van der Waals surface area contributed by atoms with Crippen molar-refractivity contribution in [2.45, 2.75) is 26.4 Å². The molecule has 0 atom stereocenters. The molecule has 1 aromatic heterocycles. The third-order valence-corrected chi connectivity index (χ3v) is 3.79. The van der Waals surface area contributed by atoms with E-state index in [1.165, 1.54) is 11.6 Å². The first-order chi connectivity index (χ1) is 12.8. The summed E-state index contributed by atoms with van der Waals surface area (Å²) in [6.07, 6.45) is 1.02. The quantitative estimate of drug-likeness (QED) is 0.675. The second-order valence-electron chi connectivity index (χ2n) is 6.14. The summed E-state index contributed by atoms with van der Waals surface area (Å²) in [5.41, 5.74) is 6.86. The molecule has 8 heteroatoms. The van der Waals surface area contributed by atoms with Crippen LogP contribution in [0.25, 0.3) is 0 Å². The number of benzene rings is 1. The SMILES string of the molecule is CC(C)c1ccc(COc2cc(C(=O)O)cnc2C(=O)NC(=O)CN)cc1. The van der Waals surface area contributed by atoms with Crippen LogP contribution in [0, 0.1) is 0 Å². The molecule has 2 aromatic rings. The maximum atomic E-state index is 12.2. The molecule has 8 nitrogen and oxygen atoms in total. The number of carboxylic acids is 1. The molecule has 1 heterocycles. The highest BCUT2D eigenvalue weighted by molar-refractivity contribution is 6.05. The molecule has 0 aliphatic carbocycles. The normalized spacial score (nSPS) is 10.5. The molecule has 0 saturated heterocycles. The van der Waals surface area contributed by atoms with Crippen molar-refractivity contribution < 1.29 is 24.2 Å². The summed E-state index contributed by atoms with van der Waals surface area (Å²) in [4.78, 5) is 38.5. The molecule has 1 aromatic carbocycles. The number of amides is 2. The van der Waals surface area contributed by atoms with Crippen LogP contribution < -0.4 is 15.8 Å². The van der Waals surface area contributed by atoms with Gasteiger partial charge in [-0.1, -0.05) is 38.1 Å². The Morgan fingerprint density at radius 3 is 2.44 bits per heavy atom. The molecule has 0 saturated carbocycles. The summed E-state index contributed by atoms with van der Waals surface area (Å²) < 4.78 is 5.62. The van der Waals surface area contributed by atoms with E-state index in [9.17, 15) is 14.4 Å². The Labute approximate surface area is 156 Å². The largest absolute Gasteiger partial charge is 0.486 e. The van der Waals surface area contributed by atoms with Crippen molar-refractivity contribution in [3.63, 3.8) is 0 Å². The molecule has 2 amide bonds. The molecule has 0 aliphatic rings. The van der Waals surface area contributed by atoms with Crippen LogP contribution in [0.1, 0.15) is 51.7 Å². The van der Waals surface area contributed by atoms with E-state index < -0.39 is 17.8 Å². The van der Waals surface area contributed by atoms with Crippen molar-refractivity contribution in [3.8, 4) is 5.75 Å². The van der Waals surface area contributed by atoms with E-state index in [4.69, 9.17) is 15.6 Å². The summed E-state index contributed by atoms with van der Waals surface area (Å²) in [6, 6.07) is 8.92. The highest BCUT2D eigenvalue weighted by Crippen LogP contribution is 2.21. The standard InChI is InChI=1S/C19H21N3O5/c1-11(2)13-5-3-12(4-6-13)10-27-15-7-14(19(25)26)9-21-17(15)18(24)22-16(23)8-20/h3-7,9,11H,8,10,20H2,1-2H3,(H,25,26)(H,22,23,24). The van der Waals surface area contributed by atoms with Crippen molar-refractivity contribution in [2.24, 2.45) is 5.73 Å². The molecule has 0 radical (unpaired) electrons. The lowest BCUT2D eigenvalue weighted by atomic mass is 10.0. The Balaban J connectivity index is 2.23. The minimum Gasteiger partial charge on any atom is -0.486 e. The van der Waals surface area contributed by atoms with E-state index in [0.717, 1.165) is 11.8 Å². The Bertz CT molecular complexity index is 847. The Morgan fingerprint density at radius 1 is 1.22 bits per heavy atom. The van der Waals surface area contributed by atoms with Crippen LogP contribution in [0.5, 0.6) is 5.75 Å². The fourth-order valence-corrected chi connectivity index (χ4v) is 2.24. The highest BCUT2D eigenvalue weighted by atomic mass is 16.5. The van der Waals surface area contributed by atoms with Gasteiger partial charge in [0.05, 0.1) is 12.1 Å². The van der Waals surface area contributed by atoms with E-state index in [1.807, 2.05) is 24.3 Å². The van der Waals surface area contributed by atoms with Crippen LogP contribution in [-0.2, 0) is 11.4 Å². The number of imide groups is 1. The molecule has 0 spiro atoms. The zero-order chi connectivity index (χ0) is 20.0. The van der Waals surface area contributed by atoms with Gasteiger partial charge >= 0.3 is 5.97 Å². The van der Waals surface area contributed by atoms with E-state index in [2.05, 4.69) is 24.1 Å². The number of nitrogens with zero attached hydrogens (tertiary/aromatic N) is 1. The van der Waals surface area contributed by atoms with E-state index in [1.54, 1.807) is 0 Å². The first kappa shape index (κ1) is 20.1. The fourth-order valence-electron chi connectivity index (χ4n) is 2.24. The molecule has 0 fully saturated rings. The third kappa shape index (κ3) is 5.35. The predicted molar refractivity (Wildman–Crippen MR) is 97.6 cm³/mol. The first-order valence-corrected chi connectivity index (χ1v) is 8.31. The zero-order valence-electron chi connectivity index (χ0n) is 15.1. The van der Waals surface area contributed by atoms with E-state index in [0.29, 0.717) is 5.92 Å². The van der Waals surface area contributed by atoms with Crippen molar-refractivity contribution in [1.82, 2.24) is 10.3 Å². The average Bonchev–Trinajstić information content (AvgIpc) is 2.66. The molecule has 142 valence electrons. The van der Waals surface area contributed by atoms with Crippen molar-refractivity contribution in [3.05, 3.63) is 58.9 Å². The second-order valence-corrected chi connectivity index (χ2v) is 6.14. The molecular weight excluding hydrogens is 350 g/mol. The summed E-state index contributed by atoms with van der Waals surface area (Å²) in [5, 5.41) is 11.2. The molecule has 0 bridgehead atoms. The summed E-state index contributed by atoms with van der Waals surface area (Å²) in [5.74, 6) is -2.34. The van der Waals surface area contributed by atoms with Crippen molar-refractivity contribution >= 4 is 17.8 Å². The topological polar surface area (TPSA) is 132 Å². The number of hydrogen-bond acceptors (Lipinski definition) is 6. The summed E-state index contributed by atoms with van der Waals surface area (Å²) >= 11 is 0. The summed E-state index contributed by atoms with van der Waals surface area (Å²) in [6.45, 7) is 3.91. The fraction of sp³-hybridized carbons (Fsp3) is 0.263. The molecule has 27 heavy (non-hydrogen) atoms. The molecule has 2 rings (SSSR count). The van der Waals surface area contributed by atoms with Gasteiger partial charge in [-0.2, -0.15) is 0 Å². The number of nitrogens with one attached hydrogen (secondary N) is 1. The van der Waals surface area contributed by atoms with Crippen molar-refractivity contribution in [1.29, 1.82) is 0 Å². The number of hydrogen-bond donors (Lipinski definition) is 3. The number of aromatic carboxylic acids is 1. The number of aromatic nitrogens is 1. The van der Waals surface area contributed by atoms with Crippen LogP contribution in [0.2, 0.25) is 0 Å². The zero-order valence-corrected chi connectivity index (χ0v) is 15.1. The van der Waals surface area contributed by atoms with Gasteiger partial charge in [-0.25, -0.2) is 9.78 Å². The predicted octanol–water partition coefficient (Wildman–Crippen LogP) is 1.70. The Kier molecular flexibility index (Phi) is 6.62. The maximum Gasteiger partial charge on any atom is 0.337 e. The van der Waals surface area contributed by atoms with Gasteiger partial charge in [0.2, 0.25) is 5.91 Å². The van der Waals surface area contributed by atoms with Crippen LogP contribution in [-0.4, -0.2) is 34.4 Å². The van der Waals surface area contributed by atoms with Gasteiger partial charge in [0, 0.05) is 6.20 Å². The number of carboxylic acid groups (broad SMARTS) is 1. The number of pyridine rings is 1. The second kappa shape index (κ2) is 8.91. The van der Waals surface area contributed by atoms with Crippen molar-refractivity contribution in [2.75, 3.05) is 6.54 Å². The lowest BCUT2D eigenvalue weighted by Crippen LogP contribution is -2.36. The molecule has 4 N–H and O–H groups in total. The number of ether oxygens (including phenoxy) is 1. The van der Waals surface area contributed by atoms with Gasteiger partial charge in [-0.05, 0) is 23.1 Å². The number of carbonyl (C=O) groups is 3. The lowest BCUT2D eigenvalue weighted by molar-refractivity contribution is -0.118.